The van der Waals surface area contributed by atoms with E-state index in [1.165, 1.54) is 7.11 Å². The number of anilines is 2. The first-order chi connectivity index (χ1) is 16.7. The largest absolute Gasteiger partial charge is 0.496 e. The highest BCUT2D eigenvalue weighted by atomic mass is 16.5. The third kappa shape index (κ3) is 4.05. The summed E-state index contributed by atoms with van der Waals surface area (Å²) in [4.78, 5) is 34.9. The lowest BCUT2D eigenvalue weighted by atomic mass is 10.1. The number of rotatable bonds is 5. The van der Waals surface area contributed by atoms with Crippen molar-refractivity contribution in [2.45, 2.75) is 0 Å². The van der Waals surface area contributed by atoms with Crippen molar-refractivity contribution in [3.05, 3.63) is 84.3 Å². The second-order valence-corrected chi connectivity index (χ2v) is 7.92. The lowest BCUT2D eigenvalue weighted by Crippen LogP contribution is -2.49. The van der Waals surface area contributed by atoms with Gasteiger partial charge in [0.1, 0.15) is 22.8 Å². The molecule has 3 heterocycles. The summed E-state index contributed by atoms with van der Waals surface area (Å²) in [5, 5.41) is 3.57. The Labute approximate surface area is 196 Å². The highest BCUT2D eigenvalue weighted by Crippen LogP contribution is 2.33. The quantitative estimate of drug-likeness (QED) is 0.488. The number of benzene rings is 2. The van der Waals surface area contributed by atoms with E-state index in [0.717, 1.165) is 5.82 Å². The first-order valence-electron chi connectivity index (χ1n) is 11.1. The van der Waals surface area contributed by atoms with Crippen LogP contribution in [0, 0.1) is 0 Å². The minimum Gasteiger partial charge on any atom is -0.496 e. The minimum atomic E-state index is -0.377. The van der Waals surface area contributed by atoms with Gasteiger partial charge >= 0.3 is 0 Å². The van der Waals surface area contributed by atoms with Gasteiger partial charge in [0.15, 0.2) is 0 Å². The summed E-state index contributed by atoms with van der Waals surface area (Å²) < 4.78 is 11.3. The van der Waals surface area contributed by atoms with E-state index in [1.807, 2.05) is 36.4 Å². The average molecular weight is 457 g/mol. The Kier molecular flexibility index (Phi) is 5.86. The molecule has 0 aliphatic carbocycles. The predicted octanol–water partition coefficient (Wildman–Crippen LogP) is 4.05. The molecule has 8 nitrogen and oxygen atoms in total. The number of hydrogen-bond acceptors (Lipinski definition) is 6. The van der Waals surface area contributed by atoms with Gasteiger partial charge in [0.2, 0.25) is 5.76 Å². The van der Waals surface area contributed by atoms with Gasteiger partial charge in [-0.05, 0) is 36.4 Å². The SMILES string of the molecule is COc1ccccc1C(=O)Nc1c(C(=O)N2CCN(c3ccccn3)CC2)oc2ccccc12. The fourth-order valence-corrected chi connectivity index (χ4v) is 4.16. The van der Waals surface area contributed by atoms with Gasteiger partial charge < -0.3 is 24.3 Å². The molecular formula is C26H24N4O4. The molecule has 2 amide bonds. The first kappa shape index (κ1) is 21.5. The molecule has 8 heteroatoms. The normalized spacial score (nSPS) is 13.7. The van der Waals surface area contributed by atoms with E-state index in [2.05, 4.69) is 15.2 Å². The van der Waals surface area contributed by atoms with Gasteiger partial charge in [-0.1, -0.05) is 30.3 Å². The molecule has 2 aromatic heterocycles. The van der Waals surface area contributed by atoms with Crippen LogP contribution in [0.3, 0.4) is 0 Å². The zero-order chi connectivity index (χ0) is 23.5. The Bertz CT molecular complexity index is 1330. The number of furan rings is 1. The molecule has 0 radical (unpaired) electrons. The minimum absolute atomic E-state index is 0.121. The molecule has 172 valence electrons. The number of carbonyl (C=O) groups excluding carboxylic acids is 2. The lowest BCUT2D eigenvalue weighted by Gasteiger charge is -2.35. The summed E-state index contributed by atoms with van der Waals surface area (Å²) in [5.74, 6) is 0.829. The third-order valence-electron chi connectivity index (χ3n) is 5.92. The van der Waals surface area contributed by atoms with Crippen LogP contribution < -0.4 is 15.0 Å². The van der Waals surface area contributed by atoms with Crippen molar-refractivity contribution < 1.29 is 18.7 Å². The average Bonchev–Trinajstić information content (AvgIpc) is 3.27. The van der Waals surface area contributed by atoms with Crippen LogP contribution in [0.25, 0.3) is 11.0 Å². The maximum absolute atomic E-state index is 13.5. The molecule has 1 saturated heterocycles. The Hall–Kier alpha value is -4.33. The number of nitrogens with one attached hydrogen (secondary N) is 1. The van der Waals surface area contributed by atoms with Crippen molar-refractivity contribution in [1.82, 2.24) is 9.88 Å². The van der Waals surface area contributed by atoms with Crippen LogP contribution in [0.2, 0.25) is 0 Å². The van der Waals surface area contributed by atoms with Crippen LogP contribution in [-0.4, -0.2) is 55.0 Å². The number of fused-ring (bicyclic) bond motifs is 1. The zero-order valence-corrected chi connectivity index (χ0v) is 18.7. The van der Waals surface area contributed by atoms with Crippen molar-refractivity contribution in [1.29, 1.82) is 0 Å². The first-order valence-corrected chi connectivity index (χ1v) is 11.1. The Morgan fingerprint density at radius 1 is 0.941 bits per heavy atom. The highest BCUT2D eigenvalue weighted by molar-refractivity contribution is 6.15. The summed E-state index contributed by atoms with van der Waals surface area (Å²) in [6.45, 7) is 2.36. The zero-order valence-electron chi connectivity index (χ0n) is 18.7. The number of carbonyl (C=O) groups is 2. The standard InChI is InChI=1S/C26H24N4O4/c1-33-20-10-4-3-9-19(20)25(31)28-23-18-8-2-5-11-21(18)34-24(23)26(32)30-16-14-29(15-17-30)22-12-6-7-13-27-22/h2-13H,14-17H2,1H3,(H,28,31). The summed E-state index contributed by atoms with van der Waals surface area (Å²) in [5.41, 5.74) is 1.27. The van der Waals surface area contributed by atoms with Gasteiger partial charge in [0.05, 0.1) is 12.7 Å². The second kappa shape index (κ2) is 9.27. The van der Waals surface area contributed by atoms with E-state index < -0.39 is 0 Å². The number of ether oxygens (including phenoxy) is 1. The maximum atomic E-state index is 13.5. The predicted molar refractivity (Wildman–Crippen MR) is 130 cm³/mol. The molecule has 1 aliphatic heterocycles. The highest BCUT2D eigenvalue weighted by Gasteiger charge is 2.29. The van der Waals surface area contributed by atoms with E-state index >= 15 is 0 Å². The molecular weight excluding hydrogens is 432 g/mol. The van der Waals surface area contributed by atoms with Crippen molar-refractivity contribution in [2.24, 2.45) is 0 Å². The van der Waals surface area contributed by atoms with Crippen molar-refractivity contribution >= 4 is 34.3 Å². The van der Waals surface area contributed by atoms with E-state index in [1.54, 1.807) is 41.4 Å². The van der Waals surface area contributed by atoms with E-state index in [-0.39, 0.29) is 17.6 Å². The summed E-state index contributed by atoms with van der Waals surface area (Å²) in [6.07, 6.45) is 1.76. The number of aromatic nitrogens is 1. The van der Waals surface area contributed by atoms with Crippen LogP contribution in [0.5, 0.6) is 5.75 Å². The van der Waals surface area contributed by atoms with Crippen LogP contribution in [-0.2, 0) is 0 Å². The molecule has 0 saturated carbocycles. The molecule has 4 aromatic rings. The molecule has 0 spiro atoms. The summed E-state index contributed by atoms with van der Waals surface area (Å²) in [7, 11) is 1.51. The molecule has 0 bridgehead atoms. The number of hydrogen-bond donors (Lipinski definition) is 1. The monoisotopic (exact) mass is 456 g/mol. The van der Waals surface area contributed by atoms with Crippen LogP contribution in [0.1, 0.15) is 20.9 Å². The van der Waals surface area contributed by atoms with E-state index in [0.29, 0.717) is 54.1 Å². The maximum Gasteiger partial charge on any atom is 0.291 e. The number of methoxy groups -OCH3 is 1. The third-order valence-corrected chi connectivity index (χ3v) is 5.92. The molecule has 34 heavy (non-hydrogen) atoms. The smallest absolute Gasteiger partial charge is 0.291 e. The van der Waals surface area contributed by atoms with E-state index in [9.17, 15) is 9.59 Å². The van der Waals surface area contributed by atoms with Crippen LogP contribution in [0.4, 0.5) is 11.5 Å². The van der Waals surface area contributed by atoms with Crippen molar-refractivity contribution in [2.75, 3.05) is 43.5 Å². The molecule has 1 fully saturated rings. The van der Waals surface area contributed by atoms with Crippen molar-refractivity contribution in [3.63, 3.8) is 0 Å². The molecule has 2 aromatic carbocycles. The number of amides is 2. The van der Waals surface area contributed by atoms with E-state index in [4.69, 9.17) is 9.15 Å². The van der Waals surface area contributed by atoms with Crippen molar-refractivity contribution in [3.8, 4) is 5.75 Å². The van der Waals surface area contributed by atoms with Gasteiger partial charge in [-0.2, -0.15) is 0 Å². The van der Waals surface area contributed by atoms with Gasteiger partial charge in [-0.25, -0.2) is 4.98 Å². The Morgan fingerprint density at radius 2 is 1.68 bits per heavy atom. The number of nitrogens with zero attached hydrogens (tertiary/aromatic N) is 3. The van der Waals surface area contributed by atoms with Crippen LogP contribution in [0.15, 0.2) is 77.3 Å². The van der Waals surface area contributed by atoms with Gasteiger partial charge in [-0.3, -0.25) is 9.59 Å². The van der Waals surface area contributed by atoms with Gasteiger partial charge in [-0.15, -0.1) is 0 Å². The second-order valence-electron chi connectivity index (χ2n) is 7.92. The molecule has 5 rings (SSSR count). The van der Waals surface area contributed by atoms with Gasteiger partial charge in [0.25, 0.3) is 11.8 Å². The number of piperazine rings is 1. The number of pyridine rings is 1. The van der Waals surface area contributed by atoms with Crippen LogP contribution >= 0.6 is 0 Å². The fraction of sp³-hybridized carbons (Fsp3) is 0.192. The topological polar surface area (TPSA) is 87.9 Å². The Balaban J connectivity index is 1.41. The molecule has 1 aliphatic rings. The Morgan fingerprint density at radius 3 is 2.44 bits per heavy atom. The number of para-hydroxylation sites is 2. The fourth-order valence-electron chi connectivity index (χ4n) is 4.16. The summed E-state index contributed by atoms with van der Waals surface area (Å²) in [6, 6.07) is 20.0. The molecule has 0 unspecified atom stereocenters. The van der Waals surface area contributed by atoms with Gasteiger partial charge in [0, 0.05) is 37.8 Å². The lowest BCUT2D eigenvalue weighted by molar-refractivity contribution is 0.0718. The summed E-state index contributed by atoms with van der Waals surface area (Å²) >= 11 is 0. The molecule has 1 N–H and O–H groups in total. The molecule has 0 atom stereocenters.